The van der Waals surface area contributed by atoms with E-state index >= 15 is 0 Å². The summed E-state index contributed by atoms with van der Waals surface area (Å²) >= 11 is 0. The molecule has 2 rings (SSSR count). The van der Waals surface area contributed by atoms with Gasteiger partial charge in [0.1, 0.15) is 5.82 Å². The Morgan fingerprint density at radius 2 is 2.24 bits per heavy atom. The molecule has 1 aliphatic rings. The fourth-order valence-electron chi connectivity index (χ4n) is 1.98. The molecule has 1 aliphatic carbocycles. The van der Waals surface area contributed by atoms with Crippen molar-refractivity contribution >= 4 is 11.8 Å². The summed E-state index contributed by atoms with van der Waals surface area (Å²) in [6, 6.07) is 0.491. The van der Waals surface area contributed by atoms with Crippen LogP contribution in [0.15, 0.2) is 6.20 Å². The summed E-state index contributed by atoms with van der Waals surface area (Å²) in [5, 5.41) is 6.63. The smallest absolute Gasteiger partial charge is 0.224 e. The minimum atomic E-state index is 0.491. The Kier molecular flexibility index (Phi) is 3.82. The van der Waals surface area contributed by atoms with Crippen LogP contribution in [0.4, 0.5) is 11.8 Å². The summed E-state index contributed by atoms with van der Waals surface area (Å²) in [7, 11) is 0. The second kappa shape index (κ2) is 5.34. The Labute approximate surface area is 103 Å². The van der Waals surface area contributed by atoms with Gasteiger partial charge < -0.3 is 10.6 Å². The third kappa shape index (κ3) is 3.58. The van der Waals surface area contributed by atoms with Crippen LogP contribution in [0.25, 0.3) is 0 Å². The number of aromatic nitrogens is 2. The van der Waals surface area contributed by atoms with Crippen LogP contribution >= 0.6 is 0 Å². The maximum Gasteiger partial charge on any atom is 0.224 e. The number of nitrogens with zero attached hydrogens (tertiary/aromatic N) is 2. The van der Waals surface area contributed by atoms with Gasteiger partial charge in [-0.25, -0.2) is 4.98 Å². The average molecular weight is 234 g/mol. The fourth-order valence-corrected chi connectivity index (χ4v) is 1.98. The molecule has 0 aromatic carbocycles. The Morgan fingerprint density at radius 1 is 1.47 bits per heavy atom. The summed E-state index contributed by atoms with van der Waals surface area (Å²) in [4.78, 5) is 8.74. The number of nitrogens with one attached hydrogen (secondary N) is 2. The van der Waals surface area contributed by atoms with Gasteiger partial charge in [-0.1, -0.05) is 12.8 Å². The molecule has 94 valence electrons. The van der Waals surface area contributed by atoms with Gasteiger partial charge in [0.2, 0.25) is 5.95 Å². The molecule has 1 saturated carbocycles. The zero-order chi connectivity index (χ0) is 12.3. The van der Waals surface area contributed by atoms with Crippen LogP contribution in [-0.2, 0) is 0 Å². The minimum Gasteiger partial charge on any atom is -0.367 e. The first kappa shape index (κ1) is 12.1. The molecule has 1 aromatic rings. The van der Waals surface area contributed by atoms with Gasteiger partial charge in [-0.05, 0) is 33.1 Å². The highest BCUT2D eigenvalue weighted by molar-refractivity contribution is 5.46. The lowest BCUT2D eigenvalue weighted by molar-refractivity contribution is 0.639. The maximum absolute atomic E-state index is 4.50. The van der Waals surface area contributed by atoms with Crippen LogP contribution < -0.4 is 10.6 Å². The van der Waals surface area contributed by atoms with Crippen molar-refractivity contribution in [2.24, 2.45) is 5.92 Å². The van der Waals surface area contributed by atoms with Gasteiger partial charge in [0.05, 0.1) is 0 Å². The van der Waals surface area contributed by atoms with E-state index in [1.807, 2.05) is 20.0 Å². The molecule has 1 heterocycles. The van der Waals surface area contributed by atoms with E-state index < -0.39 is 0 Å². The molecule has 1 fully saturated rings. The van der Waals surface area contributed by atoms with Gasteiger partial charge in [-0.15, -0.1) is 0 Å². The van der Waals surface area contributed by atoms with Crippen molar-refractivity contribution in [2.75, 3.05) is 17.2 Å². The maximum atomic E-state index is 4.50. The van der Waals surface area contributed by atoms with Crippen LogP contribution in [0.2, 0.25) is 0 Å². The molecular formula is C13H22N4. The van der Waals surface area contributed by atoms with Gasteiger partial charge in [-0.2, -0.15) is 4.98 Å². The Morgan fingerprint density at radius 3 is 2.88 bits per heavy atom. The predicted octanol–water partition coefficient (Wildman–Crippen LogP) is 2.82. The fraction of sp³-hybridized carbons (Fsp3) is 0.692. The minimum absolute atomic E-state index is 0.491. The van der Waals surface area contributed by atoms with Crippen molar-refractivity contribution in [3.05, 3.63) is 11.8 Å². The van der Waals surface area contributed by atoms with Crippen molar-refractivity contribution in [1.82, 2.24) is 9.97 Å². The van der Waals surface area contributed by atoms with E-state index in [1.54, 1.807) is 0 Å². The first-order valence-corrected chi connectivity index (χ1v) is 6.53. The quantitative estimate of drug-likeness (QED) is 0.794. The van der Waals surface area contributed by atoms with E-state index in [4.69, 9.17) is 0 Å². The highest BCUT2D eigenvalue weighted by atomic mass is 15.1. The Balaban J connectivity index is 1.99. The zero-order valence-corrected chi connectivity index (χ0v) is 11.0. The second-order valence-corrected chi connectivity index (χ2v) is 4.98. The van der Waals surface area contributed by atoms with Gasteiger partial charge in [0.15, 0.2) is 0 Å². The Hall–Kier alpha value is -1.32. The summed E-state index contributed by atoms with van der Waals surface area (Å²) in [6.07, 6.45) is 5.92. The summed E-state index contributed by atoms with van der Waals surface area (Å²) < 4.78 is 0. The number of rotatable bonds is 6. The molecule has 4 nitrogen and oxygen atoms in total. The normalized spacial score (nSPS) is 16.6. The predicted molar refractivity (Wildman–Crippen MR) is 71.4 cm³/mol. The largest absolute Gasteiger partial charge is 0.367 e. The highest BCUT2D eigenvalue weighted by Crippen LogP contribution is 2.34. The standard InChI is InChI=1S/C13H22N4/c1-4-14-13-15-8-9(2)12(17-13)16-10(3)7-11-5-6-11/h8,10-11H,4-7H2,1-3H3,(H2,14,15,16,17). The molecule has 17 heavy (non-hydrogen) atoms. The van der Waals surface area contributed by atoms with Crippen molar-refractivity contribution in [1.29, 1.82) is 0 Å². The number of hydrogen-bond donors (Lipinski definition) is 2. The SMILES string of the molecule is CCNc1ncc(C)c(NC(C)CC2CC2)n1. The topological polar surface area (TPSA) is 49.8 Å². The van der Waals surface area contributed by atoms with Crippen LogP contribution in [0.1, 0.15) is 38.7 Å². The Bertz CT molecular complexity index is 374. The van der Waals surface area contributed by atoms with Crippen LogP contribution in [-0.4, -0.2) is 22.6 Å². The first-order valence-electron chi connectivity index (χ1n) is 6.53. The second-order valence-electron chi connectivity index (χ2n) is 4.98. The van der Waals surface area contributed by atoms with Gasteiger partial charge in [0.25, 0.3) is 0 Å². The van der Waals surface area contributed by atoms with Crippen molar-refractivity contribution in [3.63, 3.8) is 0 Å². The van der Waals surface area contributed by atoms with E-state index in [9.17, 15) is 0 Å². The molecule has 1 aromatic heterocycles. The van der Waals surface area contributed by atoms with Crippen LogP contribution in [0.5, 0.6) is 0 Å². The van der Waals surface area contributed by atoms with E-state index in [0.717, 1.165) is 23.8 Å². The molecule has 4 heteroatoms. The molecule has 0 bridgehead atoms. The molecule has 0 aliphatic heterocycles. The van der Waals surface area contributed by atoms with Crippen molar-refractivity contribution in [2.45, 2.75) is 46.1 Å². The molecular weight excluding hydrogens is 212 g/mol. The molecule has 0 amide bonds. The molecule has 0 radical (unpaired) electrons. The summed E-state index contributed by atoms with van der Waals surface area (Å²) in [5.74, 6) is 2.61. The van der Waals surface area contributed by atoms with Gasteiger partial charge >= 0.3 is 0 Å². The van der Waals surface area contributed by atoms with E-state index in [2.05, 4.69) is 27.5 Å². The summed E-state index contributed by atoms with van der Waals surface area (Å²) in [5.41, 5.74) is 1.11. The van der Waals surface area contributed by atoms with E-state index in [0.29, 0.717) is 12.0 Å². The first-order chi connectivity index (χ1) is 8.19. The number of hydrogen-bond acceptors (Lipinski definition) is 4. The molecule has 1 atom stereocenters. The molecule has 0 spiro atoms. The lowest BCUT2D eigenvalue weighted by atomic mass is 10.1. The average Bonchev–Trinajstić information content (AvgIpc) is 3.07. The van der Waals surface area contributed by atoms with E-state index in [1.165, 1.54) is 19.3 Å². The van der Waals surface area contributed by atoms with Crippen LogP contribution in [0.3, 0.4) is 0 Å². The van der Waals surface area contributed by atoms with E-state index in [-0.39, 0.29) is 0 Å². The molecule has 1 unspecified atom stereocenters. The summed E-state index contributed by atoms with van der Waals surface area (Å²) in [6.45, 7) is 7.17. The lowest BCUT2D eigenvalue weighted by Gasteiger charge is -2.16. The van der Waals surface area contributed by atoms with Gasteiger partial charge in [-0.3, -0.25) is 0 Å². The van der Waals surface area contributed by atoms with Gasteiger partial charge in [0, 0.05) is 24.3 Å². The van der Waals surface area contributed by atoms with Crippen molar-refractivity contribution < 1.29 is 0 Å². The third-order valence-electron chi connectivity index (χ3n) is 3.07. The number of anilines is 2. The zero-order valence-electron chi connectivity index (χ0n) is 11.0. The molecule has 0 saturated heterocycles. The molecule has 2 N–H and O–H groups in total. The highest BCUT2D eigenvalue weighted by Gasteiger charge is 2.23. The lowest BCUT2D eigenvalue weighted by Crippen LogP contribution is -2.18. The third-order valence-corrected chi connectivity index (χ3v) is 3.07. The monoisotopic (exact) mass is 234 g/mol. The van der Waals surface area contributed by atoms with Crippen molar-refractivity contribution in [3.8, 4) is 0 Å². The van der Waals surface area contributed by atoms with Crippen LogP contribution in [0, 0.1) is 12.8 Å². The number of aryl methyl sites for hydroxylation is 1.